The molecule has 0 aliphatic rings. The van der Waals surface area contributed by atoms with Crippen LogP contribution in [0.1, 0.15) is 29.8 Å². The summed E-state index contributed by atoms with van der Waals surface area (Å²) in [5, 5.41) is 11.1. The Labute approximate surface area is 111 Å². The highest BCUT2D eigenvalue weighted by molar-refractivity contribution is 7.98. The molecule has 0 aromatic heterocycles. The number of hydrogen-bond acceptors (Lipinski definition) is 3. The van der Waals surface area contributed by atoms with E-state index in [2.05, 4.69) is 12.2 Å². The third-order valence-corrected chi connectivity index (χ3v) is 3.35. The molecule has 0 fully saturated rings. The van der Waals surface area contributed by atoms with E-state index in [4.69, 9.17) is 5.11 Å². The van der Waals surface area contributed by atoms with Gasteiger partial charge in [-0.25, -0.2) is 0 Å². The fraction of sp³-hybridized carbons (Fsp3) is 0.385. The predicted molar refractivity (Wildman–Crippen MR) is 72.8 cm³/mol. The monoisotopic (exact) mass is 267 g/mol. The van der Waals surface area contributed by atoms with Gasteiger partial charge in [0.1, 0.15) is 6.04 Å². The summed E-state index contributed by atoms with van der Waals surface area (Å²) in [7, 11) is 0. The van der Waals surface area contributed by atoms with Crippen LogP contribution in [0.15, 0.2) is 24.3 Å². The summed E-state index contributed by atoms with van der Waals surface area (Å²) in [5.41, 5.74) is 1.64. The van der Waals surface area contributed by atoms with Gasteiger partial charge in [0.25, 0.3) is 5.91 Å². The Bertz CT molecular complexity index is 417. The van der Waals surface area contributed by atoms with Crippen LogP contribution < -0.4 is 5.32 Å². The molecule has 1 aromatic rings. The highest BCUT2D eigenvalue weighted by Crippen LogP contribution is 2.12. The van der Waals surface area contributed by atoms with Crippen LogP contribution in [-0.4, -0.2) is 28.8 Å². The van der Waals surface area contributed by atoms with Crippen molar-refractivity contribution in [3.8, 4) is 0 Å². The van der Waals surface area contributed by atoms with Crippen molar-refractivity contribution in [1.82, 2.24) is 5.32 Å². The highest BCUT2D eigenvalue weighted by Gasteiger charge is 2.14. The fourth-order valence-electron chi connectivity index (χ4n) is 1.31. The first-order valence-corrected chi connectivity index (χ1v) is 6.90. The second-order valence-electron chi connectivity index (χ2n) is 3.87. The molecule has 98 valence electrons. The number of carbonyl (C=O) groups excluding carboxylic acids is 1. The zero-order valence-corrected chi connectivity index (χ0v) is 11.3. The van der Waals surface area contributed by atoms with E-state index in [0.29, 0.717) is 5.56 Å². The largest absolute Gasteiger partial charge is 0.480 e. The zero-order valence-electron chi connectivity index (χ0n) is 10.5. The number of hydrogen-bond donors (Lipinski definition) is 2. The Morgan fingerprint density at radius 3 is 2.44 bits per heavy atom. The molecule has 1 unspecified atom stereocenters. The average Bonchev–Trinajstić information content (AvgIpc) is 2.36. The maximum absolute atomic E-state index is 11.7. The molecule has 18 heavy (non-hydrogen) atoms. The number of carboxylic acid groups (broad SMARTS) is 1. The van der Waals surface area contributed by atoms with E-state index in [0.717, 1.165) is 17.1 Å². The predicted octanol–water partition coefficient (Wildman–Crippen LogP) is 2.14. The molecule has 0 saturated carbocycles. The third kappa shape index (κ3) is 4.41. The van der Waals surface area contributed by atoms with E-state index in [1.54, 1.807) is 12.1 Å². The van der Waals surface area contributed by atoms with E-state index in [9.17, 15) is 9.59 Å². The van der Waals surface area contributed by atoms with Crippen molar-refractivity contribution < 1.29 is 14.7 Å². The molecule has 2 N–H and O–H groups in total. The highest BCUT2D eigenvalue weighted by atomic mass is 32.2. The number of benzene rings is 1. The number of carbonyl (C=O) groups is 2. The standard InChI is InChI=1S/C13H17NO3S/c1-3-18-8-10-4-6-11(7-5-10)12(15)14-9(2)13(16)17/h4-7,9H,3,8H2,1-2H3,(H,14,15)(H,16,17). The van der Waals surface area contributed by atoms with E-state index < -0.39 is 12.0 Å². The molecule has 0 heterocycles. The quantitative estimate of drug-likeness (QED) is 0.828. The average molecular weight is 267 g/mol. The van der Waals surface area contributed by atoms with Gasteiger partial charge in [-0.1, -0.05) is 19.1 Å². The van der Waals surface area contributed by atoms with Crippen LogP contribution in [0.3, 0.4) is 0 Å². The van der Waals surface area contributed by atoms with E-state index in [1.807, 2.05) is 23.9 Å². The number of rotatable bonds is 6. The Morgan fingerprint density at radius 2 is 1.94 bits per heavy atom. The van der Waals surface area contributed by atoms with Gasteiger partial charge in [-0.2, -0.15) is 11.8 Å². The van der Waals surface area contributed by atoms with Gasteiger partial charge < -0.3 is 10.4 Å². The first kappa shape index (κ1) is 14.6. The minimum Gasteiger partial charge on any atom is -0.480 e. The Kier molecular flexibility index (Phi) is 5.71. The number of carboxylic acids is 1. The third-order valence-electron chi connectivity index (χ3n) is 2.41. The Balaban J connectivity index is 2.61. The molecule has 1 aromatic carbocycles. The summed E-state index contributed by atoms with van der Waals surface area (Å²) in [5.74, 6) is 0.571. The van der Waals surface area contributed by atoms with Gasteiger partial charge in [0.15, 0.2) is 0 Å². The molecular formula is C13H17NO3S. The lowest BCUT2D eigenvalue weighted by molar-refractivity contribution is -0.138. The second-order valence-corrected chi connectivity index (χ2v) is 5.14. The zero-order chi connectivity index (χ0) is 13.5. The van der Waals surface area contributed by atoms with E-state index in [-0.39, 0.29) is 5.91 Å². The van der Waals surface area contributed by atoms with Crippen LogP contribution >= 0.6 is 11.8 Å². The van der Waals surface area contributed by atoms with Gasteiger partial charge in [-0.15, -0.1) is 0 Å². The lowest BCUT2D eigenvalue weighted by Gasteiger charge is -2.09. The van der Waals surface area contributed by atoms with Gasteiger partial charge in [-0.05, 0) is 30.4 Å². The Hall–Kier alpha value is -1.49. The minimum absolute atomic E-state index is 0.361. The molecule has 1 rings (SSSR count). The molecule has 1 amide bonds. The molecule has 1 atom stereocenters. The van der Waals surface area contributed by atoms with Crippen molar-refractivity contribution in [1.29, 1.82) is 0 Å². The normalized spacial score (nSPS) is 11.9. The number of aliphatic carboxylic acids is 1. The van der Waals surface area contributed by atoms with Gasteiger partial charge >= 0.3 is 5.97 Å². The topological polar surface area (TPSA) is 66.4 Å². The molecule has 0 aliphatic carbocycles. The minimum atomic E-state index is -1.04. The summed E-state index contributed by atoms with van der Waals surface area (Å²) < 4.78 is 0. The lowest BCUT2D eigenvalue weighted by atomic mass is 10.1. The van der Waals surface area contributed by atoms with Crippen molar-refractivity contribution >= 4 is 23.6 Å². The molecule has 0 saturated heterocycles. The number of thioether (sulfide) groups is 1. The summed E-state index contributed by atoms with van der Waals surface area (Å²) in [4.78, 5) is 22.3. The lowest BCUT2D eigenvalue weighted by Crippen LogP contribution is -2.38. The maximum Gasteiger partial charge on any atom is 0.325 e. The SMILES string of the molecule is CCSCc1ccc(C(=O)NC(C)C(=O)O)cc1. The van der Waals surface area contributed by atoms with Crippen LogP contribution in [0.4, 0.5) is 0 Å². The van der Waals surface area contributed by atoms with E-state index >= 15 is 0 Å². The van der Waals surface area contributed by atoms with Crippen LogP contribution in [-0.2, 0) is 10.5 Å². The molecular weight excluding hydrogens is 250 g/mol. The molecule has 5 heteroatoms. The van der Waals surface area contributed by atoms with Crippen LogP contribution in [0, 0.1) is 0 Å². The van der Waals surface area contributed by atoms with Gasteiger partial charge in [0.2, 0.25) is 0 Å². The van der Waals surface area contributed by atoms with Crippen LogP contribution in [0.5, 0.6) is 0 Å². The summed E-state index contributed by atoms with van der Waals surface area (Å²) in [6, 6.07) is 6.34. The summed E-state index contributed by atoms with van der Waals surface area (Å²) in [6.45, 7) is 3.53. The first-order chi connectivity index (χ1) is 8.54. The molecule has 0 bridgehead atoms. The number of nitrogens with one attached hydrogen (secondary N) is 1. The smallest absolute Gasteiger partial charge is 0.325 e. The van der Waals surface area contributed by atoms with Crippen molar-refractivity contribution in [2.45, 2.75) is 25.6 Å². The Morgan fingerprint density at radius 1 is 1.33 bits per heavy atom. The summed E-state index contributed by atoms with van der Waals surface area (Å²) >= 11 is 1.81. The van der Waals surface area contributed by atoms with Crippen molar-refractivity contribution in [2.75, 3.05) is 5.75 Å². The van der Waals surface area contributed by atoms with Gasteiger partial charge in [0, 0.05) is 11.3 Å². The van der Waals surface area contributed by atoms with Crippen molar-refractivity contribution in [2.24, 2.45) is 0 Å². The van der Waals surface area contributed by atoms with Crippen LogP contribution in [0.2, 0.25) is 0 Å². The molecule has 4 nitrogen and oxygen atoms in total. The molecule has 0 spiro atoms. The van der Waals surface area contributed by atoms with E-state index in [1.165, 1.54) is 6.92 Å². The van der Waals surface area contributed by atoms with Gasteiger partial charge in [0.05, 0.1) is 0 Å². The second kappa shape index (κ2) is 7.06. The molecule has 0 radical (unpaired) electrons. The van der Waals surface area contributed by atoms with Gasteiger partial charge in [-0.3, -0.25) is 9.59 Å². The maximum atomic E-state index is 11.7. The fourth-order valence-corrected chi connectivity index (χ4v) is 1.95. The first-order valence-electron chi connectivity index (χ1n) is 5.75. The van der Waals surface area contributed by atoms with Crippen LogP contribution in [0.25, 0.3) is 0 Å². The number of amides is 1. The summed E-state index contributed by atoms with van der Waals surface area (Å²) in [6.07, 6.45) is 0. The van der Waals surface area contributed by atoms with Crippen molar-refractivity contribution in [3.05, 3.63) is 35.4 Å². The van der Waals surface area contributed by atoms with Crippen molar-refractivity contribution in [3.63, 3.8) is 0 Å². The molecule has 0 aliphatic heterocycles.